The normalized spacial score (nSPS) is 19.3. The van der Waals surface area contributed by atoms with E-state index in [1.54, 1.807) is 18.2 Å². The molecular weight excluding hydrogens is 390 g/mol. The molecule has 0 N–H and O–H groups in total. The Hall–Kier alpha value is -2.87. The summed E-state index contributed by atoms with van der Waals surface area (Å²) in [7, 11) is 0. The lowest BCUT2D eigenvalue weighted by atomic mass is 9.95. The Bertz CT molecular complexity index is 991. The Morgan fingerprint density at radius 3 is 2.72 bits per heavy atom. The highest BCUT2D eigenvalue weighted by atomic mass is 32.2. The summed E-state index contributed by atoms with van der Waals surface area (Å²) in [5, 5.41) is 10.6. The largest absolute Gasteiger partial charge is 0.351 e. The summed E-state index contributed by atoms with van der Waals surface area (Å²) in [5.41, 5.74) is 1.39. The van der Waals surface area contributed by atoms with Crippen LogP contribution in [0.4, 0.5) is 10.5 Å². The molecule has 0 radical (unpaired) electrons. The van der Waals surface area contributed by atoms with E-state index in [9.17, 15) is 19.7 Å². The number of non-ortho nitro benzene ring substituents is 1. The monoisotopic (exact) mass is 411 g/mol. The van der Waals surface area contributed by atoms with E-state index < -0.39 is 4.92 Å². The minimum Gasteiger partial charge on any atom is -0.351 e. The number of imide groups is 1. The number of carbonyl (C=O) groups is 2. The Labute approximate surface area is 172 Å². The molecular formula is C21H21N3O4S. The Morgan fingerprint density at radius 2 is 1.97 bits per heavy atom. The van der Waals surface area contributed by atoms with Gasteiger partial charge in [-0.3, -0.25) is 24.6 Å². The summed E-state index contributed by atoms with van der Waals surface area (Å²) in [6, 6.07) is 8.46. The van der Waals surface area contributed by atoms with Crippen LogP contribution in [-0.4, -0.2) is 25.5 Å². The molecule has 29 heavy (non-hydrogen) atoms. The predicted molar refractivity (Wildman–Crippen MR) is 111 cm³/mol. The molecule has 0 unspecified atom stereocenters. The number of nitro groups is 1. The van der Waals surface area contributed by atoms with E-state index in [1.807, 2.05) is 18.5 Å². The standard InChI is InChI=1S/C21H21N3O4S/c25-20-19(12-16-9-10-22(13-16)17-6-2-1-3-7-17)29-21(26)23(20)14-15-5-4-8-18(11-15)24(27)28/h4-5,8-13,17H,1-3,6-7,14H2/b19-12+. The second-order valence-corrected chi connectivity index (χ2v) is 8.37. The molecule has 2 fully saturated rings. The van der Waals surface area contributed by atoms with Crippen molar-refractivity contribution >= 4 is 34.7 Å². The molecule has 1 saturated heterocycles. The average molecular weight is 411 g/mol. The number of nitro benzene ring substituents is 1. The molecule has 1 aromatic carbocycles. The minimum absolute atomic E-state index is 0.0206. The summed E-state index contributed by atoms with van der Waals surface area (Å²) >= 11 is 0.907. The average Bonchev–Trinajstić information content (AvgIpc) is 3.29. The second-order valence-electron chi connectivity index (χ2n) is 7.38. The summed E-state index contributed by atoms with van der Waals surface area (Å²) in [4.78, 5) is 37.0. The van der Waals surface area contributed by atoms with E-state index >= 15 is 0 Å². The van der Waals surface area contributed by atoms with Gasteiger partial charge >= 0.3 is 0 Å². The number of amides is 2. The van der Waals surface area contributed by atoms with Crippen LogP contribution < -0.4 is 0 Å². The molecule has 4 rings (SSSR count). The van der Waals surface area contributed by atoms with Gasteiger partial charge in [0.1, 0.15) is 0 Å². The van der Waals surface area contributed by atoms with E-state index in [4.69, 9.17) is 0 Å². The molecule has 1 saturated carbocycles. The van der Waals surface area contributed by atoms with Gasteiger partial charge < -0.3 is 4.57 Å². The molecule has 8 heteroatoms. The van der Waals surface area contributed by atoms with Crippen molar-refractivity contribution in [3.05, 3.63) is 68.9 Å². The van der Waals surface area contributed by atoms with Gasteiger partial charge in [-0.2, -0.15) is 0 Å². The van der Waals surface area contributed by atoms with Gasteiger partial charge in [0.15, 0.2) is 0 Å². The molecule has 1 aliphatic heterocycles. The van der Waals surface area contributed by atoms with Crippen molar-refractivity contribution in [3.8, 4) is 0 Å². The van der Waals surface area contributed by atoms with E-state index in [1.165, 1.54) is 44.2 Å². The highest BCUT2D eigenvalue weighted by Gasteiger charge is 2.35. The summed E-state index contributed by atoms with van der Waals surface area (Å²) in [6.45, 7) is 0.0206. The van der Waals surface area contributed by atoms with Crippen LogP contribution in [0.1, 0.15) is 49.3 Å². The molecule has 0 bridgehead atoms. The number of aromatic nitrogens is 1. The van der Waals surface area contributed by atoms with Gasteiger partial charge in [0.25, 0.3) is 16.8 Å². The first-order valence-electron chi connectivity index (χ1n) is 9.67. The number of hydrogen-bond acceptors (Lipinski definition) is 5. The fourth-order valence-corrected chi connectivity index (χ4v) is 4.70. The molecule has 1 aromatic heterocycles. The first-order chi connectivity index (χ1) is 14.0. The lowest BCUT2D eigenvalue weighted by molar-refractivity contribution is -0.384. The molecule has 150 valence electrons. The number of rotatable bonds is 5. The van der Waals surface area contributed by atoms with Gasteiger partial charge in [-0.25, -0.2) is 0 Å². The zero-order valence-electron chi connectivity index (χ0n) is 15.8. The van der Waals surface area contributed by atoms with Gasteiger partial charge in [0.05, 0.1) is 16.4 Å². The zero-order valence-corrected chi connectivity index (χ0v) is 16.6. The molecule has 2 aliphatic rings. The Kier molecular flexibility index (Phi) is 5.53. The van der Waals surface area contributed by atoms with Crippen molar-refractivity contribution in [3.63, 3.8) is 0 Å². The maximum Gasteiger partial charge on any atom is 0.293 e. The number of carbonyl (C=O) groups excluding carboxylic acids is 2. The maximum atomic E-state index is 12.7. The molecule has 0 spiro atoms. The van der Waals surface area contributed by atoms with E-state index in [-0.39, 0.29) is 23.4 Å². The third-order valence-electron chi connectivity index (χ3n) is 5.37. The van der Waals surface area contributed by atoms with Crippen LogP contribution in [-0.2, 0) is 11.3 Å². The third kappa shape index (κ3) is 4.27. The summed E-state index contributed by atoms with van der Waals surface area (Å²) in [6.07, 6.45) is 11.9. The van der Waals surface area contributed by atoms with Crippen molar-refractivity contribution < 1.29 is 14.5 Å². The van der Waals surface area contributed by atoms with E-state index in [2.05, 4.69) is 4.57 Å². The molecule has 2 heterocycles. The highest BCUT2D eigenvalue weighted by molar-refractivity contribution is 8.18. The van der Waals surface area contributed by atoms with E-state index in [0.717, 1.165) is 22.2 Å². The molecule has 1 aliphatic carbocycles. The lowest BCUT2D eigenvalue weighted by Crippen LogP contribution is -2.27. The smallest absolute Gasteiger partial charge is 0.293 e. The fraction of sp³-hybridized carbons (Fsp3) is 0.333. The van der Waals surface area contributed by atoms with Crippen molar-refractivity contribution in [2.45, 2.75) is 44.7 Å². The number of hydrogen-bond donors (Lipinski definition) is 0. The van der Waals surface area contributed by atoms with Gasteiger partial charge in [-0.1, -0.05) is 31.4 Å². The van der Waals surface area contributed by atoms with Gasteiger partial charge in [-0.05, 0) is 47.9 Å². The van der Waals surface area contributed by atoms with Crippen LogP contribution in [0, 0.1) is 10.1 Å². The first-order valence-corrected chi connectivity index (χ1v) is 10.5. The minimum atomic E-state index is -0.492. The number of benzene rings is 1. The number of nitrogens with zero attached hydrogens (tertiary/aromatic N) is 3. The first kappa shape index (κ1) is 19.4. The maximum absolute atomic E-state index is 12.7. The van der Waals surface area contributed by atoms with E-state index in [0.29, 0.717) is 16.5 Å². The van der Waals surface area contributed by atoms with Crippen LogP contribution in [0.15, 0.2) is 47.6 Å². The summed E-state index contributed by atoms with van der Waals surface area (Å²) < 4.78 is 2.21. The molecule has 2 amide bonds. The second kappa shape index (κ2) is 8.24. The zero-order chi connectivity index (χ0) is 20.4. The lowest BCUT2D eigenvalue weighted by Gasteiger charge is -2.23. The van der Waals surface area contributed by atoms with Crippen molar-refractivity contribution in [2.24, 2.45) is 0 Å². The van der Waals surface area contributed by atoms with Crippen LogP contribution in [0.3, 0.4) is 0 Å². The van der Waals surface area contributed by atoms with Crippen molar-refractivity contribution in [1.82, 2.24) is 9.47 Å². The van der Waals surface area contributed by atoms with Crippen LogP contribution >= 0.6 is 11.8 Å². The number of thioether (sulfide) groups is 1. The quantitative estimate of drug-likeness (QED) is 0.386. The molecule has 0 atom stereocenters. The highest BCUT2D eigenvalue weighted by Crippen LogP contribution is 2.34. The Balaban J connectivity index is 1.48. The molecule has 2 aromatic rings. The van der Waals surface area contributed by atoms with Crippen molar-refractivity contribution in [2.75, 3.05) is 0 Å². The Morgan fingerprint density at radius 1 is 1.17 bits per heavy atom. The van der Waals surface area contributed by atoms with Gasteiger partial charge in [0, 0.05) is 30.6 Å². The topological polar surface area (TPSA) is 85.5 Å². The fourth-order valence-electron chi connectivity index (χ4n) is 3.86. The van der Waals surface area contributed by atoms with Crippen LogP contribution in [0.2, 0.25) is 0 Å². The van der Waals surface area contributed by atoms with Crippen molar-refractivity contribution in [1.29, 1.82) is 0 Å². The SMILES string of the molecule is O=C1S/C(=C/c2ccn(C3CCCCC3)c2)C(=O)N1Cc1cccc([N+](=O)[O-])c1. The van der Waals surface area contributed by atoms with Crippen LogP contribution in [0.5, 0.6) is 0 Å². The summed E-state index contributed by atoms with van der Waals surface area (Å²) in [5.74, 6) is -0.364. The van der Waals surface area contributed by atoms with Gasteiger partial charge in [-0.15, -0.1) is 0 Å². The van der Waals surface area contributed by atoms with Crippen LogP contribution in [0.25, 0.3) is 6.08 Å². The predicted octanol–water partition coefficient (Wildman–Crippen LogP) is 5.14. The third-order valence-corrected chi connectivity index (χ3v) is 6.27. The molecule has 7 nitrogen and oxygen atoms in total. The van der Waals surface area contributed by atoms with Gasteiger partial charge in [0.2, 0.25) is 0 Å².